The van der Waals surface area contributed by atoms with Gasteiger partial charge in [-0.15, -0.1) is 0 Å². The third kappa shape index (κ3) is 2.71. The number of rotatable bonds is 4. The van der Waals surface area contributed by atoms with Gasteiger partial charge in [-0.3, -0.25) is 0 Å². The van der Waals surface area contributed by atoms with Gasteiger partial charge in [-0.2, -0.15) is 0 Å². The molecule has 1 heteroatoms. The Kier molecular flexibility index (Phi) is 3.90. The van der Waals surface area contributed by atoms with E-state index in [0.29, 0.717) is 6.42 Å². The Bertz CT molecular complexity index is 315. The third-order valence-electron chi connectivity index (χ3n) is 2.53. The number of hydrogen-bond donors (Lipinski definition) is 1. The van der Waals surface area contributed by atoms with Crippen LogP contribution in [0.25, 0.3) is 0 Å². The maximum absolute atomic E-state index is 9.94. The number of aliphatic hydroxyl groups excluding tert-OH is 1. The van der Waals surface area contributed by atoms with Gasteiger partial charge in [0.2, 0.25) is 0 Å². The predicted molar refractivity (Wildman–Crippen MR) is 60.2 cm³/mol. The molecule has 0 aromatic heterocycles. The van der Waals surface area contributed by atoms with Crippen LogP contribution in [0.5, 0.6) is 0 Å². The van der Waals surface area contributed by atoms with Crippen molar-refractivity contribution >= 4 is 0 Å². The molecule has 1 unspecified atom stereocenters. The van der Waals surface area contributed by atoms with E-state index in [9.17, 15) is 5.11 Å². The van der Waals surface area contributed by atoms with E-state index in [2.05, 4.69) is 13.5 Å². The first-order chi connectivity index (χ1) is 6.65. The lowest BCUT2D eigenvalue weighted by Gasteiger charge is -2.14. The second kappa shape index (κ2) is 4.97. The Balaban J connectivity index is 2.74. The molecule has 1 N–H and O–H groups in total. The molecule has 76 valence electrons. The molecular weight excluding hydrogens is 172 g/mol. The average molecular weight is 190 g/mol. The fourth-order valence-corrected chi connectivity index (χ4v) is 1.49. The molecular formula is C13H18O. The zero-order valence-corrected chi connectivity index (χ0v) is 8.96. The first-order valence-corrected chi connectivity index (χ1v) is 5.05. The molecule has 1 aromatic rings. The predicted octanol–water partition coefficient (Wildman–Crippen LogP) is 3.38. The molecule has 0 fully saturated rings. The molecule has 0 amide bonds. The van der Waals surface area contributed by atoms with Crippen molar-refractivity contribution in [3.63, 3.8) is 0 Å². The van der Waals surface area contributed by atoms with Crippen LogP contribution in [-0.2, 0) is 0 Å². The lowest BCUT2D eigenvalue weighted by molar-refractivity contribution is 0.177. The molecule has 0 radical (unpaired) electrons. The zero-order valence-electron chi connectivity index (χ0n) is 8.96. The molecule has 14 heavy (non-hydrogen) atoms. The van der Waals surface area contributed by atoms with Crippen LogP contribution in [0.4, 0.5) is 0 Å². The summed E-state index contributed by atoms with van der Waals surface area (Å²) in [5.74, 6) is 0. The molecule has 0 heterocycles. The van der Waals surface area contributed by atoms with Crippen molar-refractivity contribution in [1.29, 1.82) is 0 Å². The summed E-state index contributed by atoms with van der Waals surface area (Å²) in [6.45, 7) is 7.99. The molecule has 0 aliphatic heterocycles. The Morgan fingerprint density at radius 3 is 2.64 bits per heavy atom. The van der Waals surface area contributed by atoms with Gasteiger partial charge in [-0.05, 0) is 30.9 Å². The number of aliphatic hydroxyl groups is 1. The standard InChI is InChI=1S/C13H18O/c1-4-10(2)9-13(14)12-8-6-5-7-11(12)3/h5-8,13-14H,2,4,9H2,1,3H3. The third-order valence-corrected chi connectivity index (χ3v) is 2.53. The number of aryl methyl sites for hydroxylation is 1. The van der Waals surface area contributed by atoms with Gasteiger partial charge in [-0.1, -0.05) is 43.3 Å². The van der Waals surface area contributed by atoms with Crippen molar-refractivity contribution in [2.45, 2.75) is 32.8 Å². The van der Waals surface area contributed by atoms with Gasteiger partial charge in [0.1, 0.15) is 0 Å². The second-order valence-electron chi connectivity index (χ2n) is 3.68. The van der Waals surface area contributed by atoms with Crippen LogP contribution in [0.15, 0.2) is 36.4 Å². The highest BCUT2D eigenvalue weighted by Crippen LogP contribution is 2.23. The topological polar surface area (TPSA) is 20.2 Å². The van der Waals surface area contributed by atoms with Gasteiger partial charge < -0.3 is 5.11 Å². The number of hydrogen-bond acceptors (Lipinski definition) is 1. The molecule has 0 bridgehead atoms. The number of benzene rings is 1. The fraction of sp³-hybridized carbons (Fsp3) is 0.385. The first kappa shape index (κ1) is 11.0. The summed E-state index contributed by atoms with van der Waals surface area (Å²) < 4.78 is 0. The van der Waals surface area contributed by atoms with E-state index in [1.807, 2.05) is 31.2 Å². The SMILES string of the molecule is C=C(CC)CC(O)c1ccccc1C. The Hall–Kier alpha value is -1.08. The minimum absolute atomic E-state index is 0.399. The largest absolute Gasteiger partial charge is 0.388 e. The molecule has 0 aliphatic rings. The van der Waals surface area contributed by atoms with Crippen LogP contribution in [0.1, 0.15) is 37.0 Å². The van der Waals surface area contributed by atoms with E-state index in [0.717, 1.165) is 23.1 Å². The van der Waals surface area contributed by atoms with Gasteiger partial charge in [-0.25, -0.2) is 0 Å². The van der Waals surface area contributed by atoms with Crippen LogP contribution in [0, 0.1) is 6.92 Å². The van der Waals surface area contributed by atoms with Gasteiger partial charge in [0.05, 0.1) is 6.10 Å². The van der Waals surface area contributed by atoms with Crippen molar-refractivity contribution in [2.75, 3.05) is 0 Å². The highest BCUT2D eigenvalue weighted by molar-refractivity contribution is 5.28. The highest BCUT2D eigenvalue weighted by Gasteiger charge is 2.09. The summed E-state index contributed by atoms with van der Waals surface area (Å²) in [6, 6.07) is 7.94. The molecule has 1 atom stereocenters. The summed E-state index contributed by atoms with van der Waals surface area (Å²) in [4.78, 5) is 0. The summed E-state index contributed by atoms with van der Waals surface area (Å²) in [7, 11) is 0. The summed E-state index contributed by atoms with van der Waals surface area (Å²) in [6.07, 6.45) is 1.20. The van der Waals surface area contributed by atoms with Crippen LogP contribution in [0.3, 0.4) is 0 Å². The Labute approximate surface area is 86.1 Å². The van der Waals surface area contributed by atoms with E-state index >= 15 is 0 Å². The molecule has 1 rings (SSSR count). The highest BCUT2D eigenvalue weighted by atomic mass is 16.3. The molecule has 0 aliphatic carbocycles. The maximum Gasteiger partial charge on any atom is 0.0829 e. The summed E-state index contributed by atoms with van der Waals surface area (Å²) >= 11 is 0. The summed E-state index contributed by atoms with van der Waals surface area (Å²) in [5.41, 5.74) is 3.26. The summed E-state index contributed by atoms with van der Waals surface area (Å²) in [5, 5.41) is 9.94. The van der Waals surface area contributed by atoms with Gasteiger partial charge in [0, 0.05) is 0 Å². The van der Waals surface area contributed by atoms with Crippen LogP contribution in [-0.4, -0.2) is 5.11 Å². The van der Waals surface area contributed by atoms with Crippen molar-refractivity contribution in [3.05, 3.63) is 47.5 Å². The van der Waals surface area contributed by atoms with E-state index in [1.165, 1.54) is 0 Å². The molecule has 1 aromatic carbocycles. The van der Waals surface area contributed by atoms with Gasteiger partial charge >= 0.3 is 0 Å². The van der Waals surface area contributed by atoms with E-state index in [-0.39, 0.29) is 0 Å². The quantitative estimate of drug-likeness (QED) is 0.721. The lowest BCUT2D eigenvalue weighted by atomic mass is 9.97. The monoisotopic (exact) mass is 190 g/mol. The van der Waals surface area contributed by atoms with E-state index in [4.69, 9.17) is 0 Å². The van der Waals surface area contributed by atoms with Crippen molar-refractivity contribution < 1.29 is 5.11 Å². The smallest absolute Gasteiger partial charge is 0.0829 e. The lowest BCUT2D eigenvalue weighted by Crippen LogP contribution is -2.00. The molecule has 0 spiro atoms. The minimum Gasteiger partial charge on any atom is -0.388 e. The van der Waals surface area contributed by atoms with Crippen molar-refractivity contribution in [2.24, 2.45) is 0 Å². The first-order valence-electron chi connectivity index (χ1n) is 5.05. The fourth-order valence-electron chi connectivity index (χ4n) is 1.49. The van der Waals surface area contributed by atoms with Gasteiger partial charge in [0.15, 0.2) is 0 Å². The van der Waals surface area contributed by atoms with Crippen LogP contribution >= 0.6 is 0 Å². The average Bonchev–Trinajstić information content (AvgIpc) is 2.18. The normalized spacial score (nSPS) is 12.5. The van der Waals surface area contributed by atoms with Gasteiger partial charge in [0.25, 0.3) is 0 Å². The van der Waals surface area contributed by atoms with E-state index < -0.39 is 6.10 Å². The minimum atomic E-state index is -0.399. The van der Waals surface area contributed by atoms with Crippen LogP contribution < -0.4 is 0 Å². The van der Waals surface area contributed by atoms with Crippen molar-refractivity contribution in [1.82, 2.24) is 0 Å². The van der Waals surface area contributed by atoms with Crippen LogP contribution in [0.2, 0.25) is 0 Å². The second-order valence-corrected chi connectivity index (χ2v) is 3.68. The van der Waals surface area contributed by atoms with Crippen molar-refractivity contribution in [3.8, 4) is 0 Å². The molecule has 1 nitrogen and oxygen atoms in total. The Morgan fingerprint density at radius 2 is 2.07 bits per heavy atom. The Morgan fingerprint density at radius 1 is 1.43 bits per heavy atom. The molecule has 0 saturated carbocycles. The zero-order chi connectivity index (χ0) is 10.6. The van der Waals surface area contributed by atoms with E-state index in [1.54, 1.807) is 0 Å². The maximum atomic E-state index is 9.94. The molecule has 0 saturated heterocycles.